The molecule has 0 radical (unpaired) electrons. The maximum Gasteiger partial charge on any atom is 0.146 e. The Hall–Kier alpha value is -2.98. The lowest BCUT2D eigenvalue weighted by molar-refractivity contribution is -0.231. The molecular weight excluding hydrogens is 503 g/mol. The van der Waals surface area contributed by atoms with Gasteiger partial charge in [0.25, 0.3) is 0 Å². The number of ether oxygens (including phenoxy) is 2. The molecule has 5 rings (SSSR count). The zero-order valence-electron chi connectivity index (χ0n) is 19.6. The molecule has 37 heavy (non-hydrogen) atoms. The van der Waals surface area contributed by atoms with Crippen molar-refractivity contribution >= 4 is 22.6 Å². The fourth-order valence-corrected chi connectivity index (χ4v) is 4.69. The molecule has 1 aliphatic heterocycles. The van der Waals surface area contributed by atoms with E-state index in [1.807, 2.05) is 24.3 Å². The van der Waals surface area contributed by atoms with Gasteiger partial charge in [-0.2, -0.15) is 0 Å². The standard InChI is InChI=1S/C28H26ClFO7/c29-22-7-3-16(28-27(34)26(33)25(32)24(13-31)37-28)10-17(22)9-15-1-5-20(6-2-15)35-14-21-12-18-11-19(30)4-8-23(18)36-21/h1-8,10-12,24-28,31-34H,9,13-14H2/t24-,25-,26+,27-,28+/m1/s1. The minimum Gasteiger partial charge on any atom is -0.486 e. The predicted octanol–water partition coefficient (Wildman–Crippen LogP) is 3.91. The number of hydrogen-bond acceptors (Lipinski definition) is 7. The van der Waals surface area contributed by atoms with E-state index in [2.05, 4.69) is 0 Å². The van der Waals surface area contributed by atoms with Crippen LogP contribution in [0, 0.1) is 5.82 Å². The summed E-state index contributed by atoms with van der Waals surface area (Å²) in [6, 6.07) is 18.7. The third-order valence-electron chi connectivity index (χ3n) is 6.52. The number of hydrogen-bond donors (Lipinski definition) is 4. The van der Waals surface area contributed by atoms with Crippen LogP contribution < -0.4 is 4.74 Å². The molecule has 194 valence electrons. The minimum atomic E-state index is -1.46. The second-order valence-corrected chi connectivity index (χ2v) is 9.51. The third kappa shape index (κ3) is 5.50. The summed E-state index contributed by atoms with van der Waals surface area (Å²) in [6.45, 7) is -0.298. The Labute approximate surface area is 217 Å². The summed E-state index contributed by atoms with van der Waals surface area (Å²) in [5.41, 5.74) is 2.90. The molecule has 0 spiro atoms. The molecule has 3 aromatic carbocycles. The highest BCUT2D eigenvalue weighted by atomic mass is 35.5. The Balaban J connectivity index is 1.26. The molecule has 7 nitrogen and oxygen atoms in total. The van der Waals surface area contributed by atoms with Gasteiger partial charge in [-0.3, -0.25) is 0 Å². The van der Waals surface area contributed by atoms with Crippen LogP contribution in [0.15, 0.2) is 71.1 Å². The first-order valence-electron chi connectivity index (χ1n) is 11.8. The van der Waals surface area contributed by atoms with Gasteiger partial charge < -0.3 is 34.3 Å². The average molecular weight is 529 g/mol. The van der Waals surface area contributed by atoms with E-state index in [0.29, 0.717) is 39.5 Å². The number of fused-ring (bicyclic) bond motifs is 1. The molecule has 0 saturated carbocycles. The SMILES string of the molecule is OC[C@H]1O[C@@H](c2ccc(Cl)c(Cc3ccc(OCc4cc5cc(F)ccc5o4)cc3)c2)[C@H](O)[C@@H](O)[C@@H]1O. The molecule has 4 N–H and O–H groups in total. The first-order valence-corrected chi connectivity index (χ1v) is 12.2. The fraction of sp³-hybridized carbons (Fsp3) is 0.286. The van der Waals surface area contributed by atoms with E-state index >= 15 is 0 Å². The molecule has 0 amide bonds. The van der Waals surface area contributed by atoms with Crippen molar-refractivity contribution in [3.05, 3.63) is 100 Å². The van der Waals surface area contributed by atoms with Gasteiger partial charge in [-0.25, -0.2) is 4.39 Å². The predicted molar refractivity (Wildman–Crippen MR) is 134 cm³/mol. The molecule has 0 bridgehead atoms. The summed E-state index contributed by atoms with van der Waals surface area (Å²) in [7, 11) is 0. The molecular formula is C28H26ClFO7. The highest BCUT2D eigenvalue weighted by Crippen LogP contribution is 2.34. The van der Waals surface area contributed by atoms with E-state index in [4.69, 9.17) is 25.5 Å². The van der Waals surface area contributed by atoms with Crippen molar-refractivity contribution in [3.63, 3.8) is 0 Å². The maximum absolute atomic E-state index is 13.4. The Morgan fingerprint density at radius 2 is 1.68 bits per heavy atom. The van der Waals surface area contributed by atoms with Crippen molar-refractivity contribution < 1.29 is 38.7 Å². The van der Waals surface area contributed by atoms with E-state index in [9.17, 15) is 24.8 Å². The van der Waals surface area contributed by atoms with Gasteiger partial charge in [-0.15, -0.1) is 0 Å². The lowest BCUT2D eigenvalue weighted by atomic mass is 9.90. The van der Waals surface area contributed by atoms with Crippen LogP contribution in [0.4, 0.5) is 4.39 Å². The molecule has 1 aromatic heterocycles. The van der Waals surface area contributed by atoms with Crippen LogP contribution in [0.5, 0.6) is 5.75 Å². The van der Waals surface area contributed by atoms with Gasteiger partial charge in [0.05, 0.1) is 6.61 Å². The fourth-order valence-electron chi connectivity index (χ4n) is 4.50. The van der Waals surface area contributed by atoms with Gasteiger partial charge in [-0.1, -0.05) is 35.9 Å². The van der Waals surface area contributed by atoms with E-state index in [0.717, 1.165) is 11.1 Å². The smallest absolute Gasteiger partial charge is 0.146 e. The molecule has 1 saturated heterocycles. The number of halogens is 2. The van der Waals surface area contributed by atoms with Gasteiger partial charge in [0.15, 0.2) is 0 Å². The molecule has 1 fully saturated rings. The Morgan fingerprint density at radius 3 is 2.43 bits per heavy atom. The summed E-state index contributed by atoms with van der Waals surface area (Å²) < 4.78 is 30.5. The zero-order valence-corrected chi connectivity index (χ0v) is 20.4. The number of benzene rings is 3. The lowest BCUT2D eigenvalue weighted by Gasteiger charge is -2.40. The summed E-state index contributed by atoms with van der Waals surface area (Å²) in [6.07, 6.45) is -5.68. The van der Waals surface area contributed by atoms with Crippen LogP contribution in [0.1, 0.15) is 28.6 Å². The van der Waals surface area contributed by atoms with Crippen molar-refractivity contribution in [3.8, 4) is 5.75 Å². The quantitative estimate of drug-likeness (QED) is 0.288. The first-order chi connectivity index (χ1) is 17.8. The second-order valence-electron chi connectivity index (χ2n) is 9.10. The van der Waals surface area contributed by atoms with Gasteiger partial charge in [0.1, 0.15) is 60.0 Å². The monoisotopic (exact) mass is 528 g/mol. The van der Waals surface area contributed by atoms with Crippen molar-refractivity contribution in [2.24, 2.45) is 0 Å². The van der Waals surface area contributed by atoms with Gasteiger partial charge in [0.2, 0.25) is 0 Å². The maximum atomic E-state index is 13.4. The Morgan fingerprint density at radius 1 is 0.892 bits per heavy atom. The van der Waals surface area contributed by atoms with Crippen LogP contribution in [0.25, 0.3) is 11.0 Å². The van der Waals surface area contributed by atoms with Crippen LogP contribution in [0.2, 0.25) is 5.02 Å². The molecule has 4 aromatic rings. The summed E-state index contributed by atoms with van der Waals surface area (Å²) in [4.78, 5) is 0. The van der Waals surface area contributed by atoms with E-state index in [1.165, 1.54) is 12.1 Å². The summed E-state index contributed by atoms with van der Waals surface area (Å²) in [5, 5.41) is 41.3. The molecule has 0 aliphatic carbocycles. The number of rotatable bonds is 7. The van der Waals surface area contributed by atoms with Crippen LogP contribution in [0.3, 0.4) is 0 Å². The van der Waals surface area contributed by atoms with Crippen LogP contribution in [-0.4, -0.2) is 51.4 Å². The zero-order chi connectivity index (χ0) is 26.1. The molecule has 2 heterocycles. The van der Waals surface area contributed by atoms with Crippen molar-refractivity contribution in [1.82, 2.24) is 0 Å². The van der Waals surface area contributed by atoms with Gasteiger partial charge in [-0.05, 0) is 65.6 Å². The summed E-state index contributed by atoms with van der Waals surface area (Å²) in [5.74, 6) is 0.896. The Kier molecular flexibility index (Phi) is 7.48. The first kappa shape index (κ1) is 25.7. The molecule has 1 aliphatic rings. The molecule has 0 unspecified atom stereocenters. The van der Waals surface area contributed by atoms with Crippen LogP contribution >= 0.6 is 11.6 Å². The largest absolute Gasteiger partial charge is 0.486 e. The third-order valence-corrected chi connectivity index (χ3v) is 6.89. The number of aliphatic hydroxyl groups is 4. The van der Waals surface area contributed by atoms with Gasteiger partial charge in [0, 0.05) is 10.4 Å². The van der Waals surface area contributed by atoms with Crippen molar-refractivity contribution in [2.75, 3.05) is 6.61 Å². The topological polar surface area (TPSA) is 113 Å². The van der Waals surface area contributed by atoms with Gasteiger partial charge >= 0.3 is 0 Å². The number of aliphatic hydroxyl groups excluding tert-OH is 4. The lowest BCUT2D eigenvalue weighted by Crippen LogP contribution is -2.55. The second kappa shape index (κ2) is 10.8. The normalized spacial score (nSPS) is 23.9. The minimum absolute atomic E-state index is 0.197. The van der Waals surface area contributed by atoms with E-state index in [1.54, 1.807) is 30.3 Å². The number of furan rings is 1. The highest BCUT2D eigenvalue weighted by molar-refractivity contribution is 6.31. The Bertz CT molecular complexity index is 1370. The summed E-state index contributed by atoms with van der Waals surface area (Å²) >= 11 is 6.43. The van der Waals surface area contributed by atoms with Crippen molar-refractivity contribution in [1.29, 1.82) is 0 Å². The molecule has 5 atom stereocenters. The van der Waals surface area contributed by atoms with E-state index < -0.39 is 37.1 Å². The van der Waals surface area contributed by atoms with Crippen molar-refractivity contribution in [2.45, 2.75) is 43.5 Å². The highest BCUT2D eigenvalue weighted by Gasteiger charge is 2.44. The molecule has 9 heteroatoms. The van der Waals surface area contributed by atoms with E-state index in [-0.39, 0.29) is 12.4 Å². The average Bonchev–Trinajstić information content (AvgIpc) is 3.30. The van der Waals surface area contributed by atoms with Crippen LogP contribution in [-0.2, 0) is 17.8 Å².